The molecule has 152 valence electrons. The molecule has 0 aromatic heterocycles. The van der Waals surface area contributed by atoms with Crippen molar-refractivity contribution < 1.29 is 14.2 Å². The van der Waals surface area contributed by atoms with Gasteiger partial charge in [-0.2, -0.15) is 0 Å². The first kappa shape index (κ1) is 20.8. The topological polar surface area (TPSA) is 27.7 Å². The van der Waals surface area contributed by atoms with Crippen molar-refractivity contribution >= 4 is 0 Å². The Bertz CT molecular complexity index is 953. The summed E-state index contributed by atoms with van der Waals surface area (Å²) < 4.78 is 17.8. The summed E-state index contributed by atoms with van der Waals surface area (Å²) in [6, 6.07) is 18.4. The molecule has 3 aromatic rings. The molecule has 0 spiro atoms. The number of hydrogen-bond acceptors (Lipinski definition) is 3. The highest BCUT2D eigenvalue weighted by Crippen LogP contribution is 2.33. The highest BCUT2D eigenvalue weighted by Gasteiger charge is 2.08. The molecule has 0 atom stereocenters. The lowest BCUT2D eigenvalue weighted by Gasteiger charge is -2.14. The minimum atomic E-state index is 0.762. The van der Waals surface area contributed by atoms with Crippen molar-refractivity contribution in [2.45, 2.75) is 47.0 Å². The first-order chi connectivity index (χ1) is 14.0. The van der Waals surface area contributed by atoms with Gasteiger partial charge in [-0.15, -0.1) is 0 Å². The first-order valence-electron chi connectivity index (χ1n) is 10.3. The lowest BCUT2D eigenvalue weighted by atomic mass is 10.1. The molecule has 29 heavy (non-hydrogen) atoms. The van der Waals surface area contributed by atoms with Gasteiger partial charge in [0.2, 0.25) is 0 Å². The summed E-state index contributed by atoms with van der Waals surface area (Å²) >= 11 is 0. The third-order valence-electron chi connectivity index (χ3n) is 4.92. The van der Waals surface area contributed by atoms with E-state index in [1.165, 1.54) is 22.3 Å². The summed E-state index contributed by atoms with van der Waals surface area (Å²) in [6.07, 6.45) is 2.81. The van der Waals surface area contributed by atoms with Gasteiger partial charge < -0.3 is 14.2 Å². The molecule has 0 bridgehead atoms. The van der Waals surface area contributed by atoms with E-state index >= 15 is 0 Å². The van der Waals surface area contributed by atoms with Crippen molar-refractivity contribution in [2.75, 3.05) is 7.11 Å². The smallest absolute Gasteiger partial charge is 0.131 e. The number of methoxy groups -OCH3 is 1. The van der Waals surface area contributed by atoms with Gasteiger partial charge in [0, 0.05) is 12.1 Å². The molecule has 0 unspecified atom stereocenters. The number of ether oxygens (including phenoxy) is 3. The molecular weight excluding hydrogens is 360 g/mol. The SMILES string of the molecule is CCc1cc(C)cc(Oc2cc(CC)cc(Oc3cc(CC)cc(OC)c3)c2)c1. The number of rotatable bonds is 8. The van der Waals surface area contributed by atoms with Gasteiger partial charge in [0.15, 0.2) is 0 Å². The van der Waals surface area contributed by atoms with Crippen LogP contribution in [0.4, 0.5) is 0 Å². The molecule has 0 aliphatic rings. The van der Waals surface area contributed by atoms with Crippen molar-refractivity contribution in [3.05, 3.63) is 76.9 Å². The van der Waals surface area contributed by atoms with Crippen molar-refractivity contribution in [3.8, 4) is 28.7 Å². The maximum Gasteiger partial charge on any atom is 0.131 e. The Morgan fingerprint density at radius 2 is 0.897 bits per heavy atom. The van der Waals surface area contributed by atoms with Crippen LogP contribution >= 0.6 is 0 Å². The van der Waals surface area contributed by atoms with Gasteiger partial charge in [0.05, 0.1) is 7.11 Å². The van der Waals surface area contributed by atoms with Crippen LogP contribution in [-0.4, -0.2) is 7.11 Å². The van der Waals surface area contributed by atoms with E-state index in [4.69, 9.17) is 14.2 Å². The molecule has 0 aliphatic heterocycles. The van der Waals surface area contributed by atoms with E-state index in [0.29, 0.717) is 0 Å². The summed E-state index contributed by atoms with van der Waals surface area (Å²) in [5.41, 5.74) is 4.81. The van der Waals surface area contributed by atoms with E-state index < -0.39 is 0 Å². The molecule has 3 rings (SSSR count). The monoisotopic (exact) mass is 390 g/mol. The zero-order valence-electron chi connectivity index (χ0n) is 18.0. The molecule has 0 fully saturated rings. The Morgan fingerprint density at radius 3 is 1.34 bits per heavy atom. The Balaban J connectivity index is 1.90. The first-order valence-corrected chi connectivity index (χ1v) is 10.3. The predicted octanol–water partition coefficient (Wildman–Crippen LogP) is 7.28. The van der Waals surface area contributed by atoms with Crippen LogP contribution in [0.1, 0.15) is 43.0 Å². The molecule has 0 saturated heterocycles. The molecule has 0 radical (unpaired) electrons. The minimum Gasteiger partial charge on any atom is -0.497 e. The molecule has 3 heteroatoms. The van der Waals surface area contributed by atoms with Crippen molar-refractivity contribution in [1.29, 1.82) is 0 Å². The lowest BCUT2D eigenvalue weighted by Crippen LogP contribution is -1.93. The van der Waals surface area contributed by atoms with Gasteiger partial charge >= 0.3 is 0 Å². The van der Waals surface area contributed by atoms with Gasteiger partial charge in [0.1, 0.15) is 28.7 Å². The van der Waals surface area contributed by atoms with E-state index in [2.05, 4.69) is 64.1 Å². The predicted molar refractivity (Wildman–Crippen MR) is 119 cm³/mol. The van der Waals surface area contributed by atoms with Crippen LogP contribution in [-0.2, 0) is 19.3 Å². The van der Waals surface area contributed by atoms with E-state index in [9.17, 15) is 0 Å². The summed E-state index contributed by atoms with van der Waals surface area (Å²) in [5, 5.41) is 0. The number of benzene rings is 3. The molecule has 3 nitrogen and oxygen atoms in total. The quantitative estimate of drug-likeness (QED) is 0.404. The average molecular weight is 391 g/mol. The van der Waals surface area contributed by atoms with Gasteiger partial charge in [0.25, 0.3) is 0 Å². The third-order valence-corrected chi connectivity index (χ3v) is 4.92. The second kappa shape index (κ2) is 9.51. The Hall–Kier alpha value is -2.94. The second-order valence-corrected chi connectivity index (χ2v) is 7.25. The fourth-order valence-corrected chi connectivity index (χ4v) is 3.32. The summed E-state index contributed by atoms with van der Waals surface area (Å²) in [4.78, 5) is 0. The van der Waals surface area contributed by atoms with Crippen LogP contribution in [0.5, 0.6) is 28.7 Å². The summed E-state index contributed by atoms with van der Waals surface area (Å²) in [5.74, 6) is 3.97. The van der Waals surface area contributed by atoms with Crippen LogP contribution < -0.4 is 14.2 Å². The number of hydrogen-bond donors (Lipinski definition) is 0. The maximum atomic E-state index is 6.21. The van der Waals surface area contributed by atoms with Crippen LogP contribution in [0.25, 0.3) is 0 Å². The van der Waals surface area contributed by atoms with Crippen LogP contribution in [0.2, 0.25) is 0 Å². The minimum absolute atomic E-state index is 0.762. The fraction of sp³-hybridized carbons (Fsp3) is 0.308. The molecule has 0 heterocycles. The number of aryl methyl sites for hydroxylation is 4. The maximum absolute atomic E-state index is 6.21. The van der Waals surface area contributed by atoms with Gasteiger partial charge in [-0.1, -0.05) is 26.8 Å². The van der Waals surface area contributed by atoms with Crippen molar-refractivity contribution in [2.24, 2.45) is 0 Å². The highest BCUT2D eigenvalue weighted by molar-refractivity contribution is 5.46. The van der Waals surface area contributed by atoms with Gasteiger partial charge in [-0.25, -0.2) is 0 Å². The highest BCUT2D eigenvalue weighted by atomic mass is 16.5. The normalized spacial score (nSPS) is 10.7. The Kier molecular flexibility index (Phi) is 6.82. The summed E-state index contributed by atoms with van der Waals surface area (Å²) in [6.45, 7) is 8.50. The average Bonchev–Trinajstić information content (AvgIpc) is 2.72. The zero-order valence-corrected chi connectivity index (χ0v) is 18.0. The molecule has 0 N–H and O–H groups in total. The molecule has 3 aromatic carbocycles. The second-order valence-electron chi connectivity index (χ2n) is 7.25. The zero-order chi connectivity index (χ0) is 20.8. The van der Waals surface area contributed by atoms with E-state index in [-0.39, 0.29) is 0 Å². The van der Waals surface area contributed by atoms with Gasteiger partial charge in [-0.05, 0) is 84.8 Å². The largest absolute Gasteiger partial charge is 0.497 e. The van der Waals surface area contributed by atoms with E-state index in [1.54, 1.807) is 7.11 Å². The fourth-order valence-electron chi connectivity index (χ4n) is 3.32. The van der Waals surface area contributed by atoms with E-state index in [0.717, 1.165) is 48.0 Å². The molecule has 0 amide bonds. The molecule has 0 aliphatic carbocycles. The Labute approximate surface area is 174 Å². The van der Waals surface area contributed by atoms with Crippen LogP contribution in [0.3, 0.4) is 0 Å². The van der Waals surface area contributed by atoms with E-state index in [1.807, 2.05) is 18.2 Å². The molecule has 0 saturated carbocycles. The Morgan fingerprint density at radius 1 is 0.517 bits per heavy atom. The van der Waals surface area contributed by atoms with Gasteiger partial charge in [-0.3, -0.25) is 0 Å². The van der Waals surface area contributed by atoms with Crippen LogP contribution in [0.15, 0.2) is 54.6 Å². The van der Waals surface area contributed by atoms with Crippen molar-refractivity contribution in [1.82, 2.24) is 0 Å². The van der Waals surface area contributed by atoms with Crippen molar-refractivity contribution in [3.63, 3.8) is 0 Å². The standard InChI is InChI=1S/C26H30O3/c1-6-19-9-18(4)10-23(12-19)28-25-14-21(8-3)15-26(17-25)29-24-13-20(7-2)11-22(16-24)27-5/h9-17H,6-8H2,1-5H3. The van der Waals surface area contributed by atoms with Crippen LogP contribution in [0, 0.1) is 6.92 Å². The third kappa shape index (κ3) is 5.54. The molecular formula is C26H30O3. The summed E-state index contributed by atoms with van der Waals surface area (Å²) in [7, 11) is 1.68. The lowest BCUT2D eigenvalue weighted by molar-refractivity contribution is 0.408.